The monoisotopic (exact) mass is 270 g/mol. The number of allylic oxidation sites excluding steroid dienone is 1. The van der Waals surface area contributed by atoms with Crippen molar-refractivity contribution in [1.29, 1.82) is 0 Å². The Bertz CT molecular complexity index is 353. The highest BCUT2D eigenvalue weighted by Gasteiger charge is 2.26. The van der Waals surface area contributed by atoms with Crippen LogP contribution in [0, 0.1) is 0 Å². The summed E-state index contributed by atoms with van der Waals surface area (Å²) >= 11 is 0. The van der Waals surface area contributed by atoms with E-state index in [0.717, 1.165) is 0 Å². The summed E-state index contributed by atoms with van der Waals surface area (Å²) in [4.78, 5) is 36.9. The fraction of sp³-hybridized carbons (Fsp3) is 0.615. The van der Waals surface area contributed by atoms with E-state index < -0.39 is 12.0 Å². The molecule has 0 aliphatic rings. The molecule has 0 aromatic rings. The highest BCUT2D eigenvalue weighted by atomic mass is 16.4. The van der Waals surface area contributed by atoms with Crippen LogP contribution in [-0.2, 0) is 14.4 Å². The third-order valence-electron chi connectivity index (χ3n) is 2.84. The normalized spacial score (nSPS) is 11.5. The van der Waals surface area contributed by atoms with Crippen LogP contribution in [0.4, 0.5) is 0 Å². The summed E-state index contributed by atoms with van der Waals surface area (Å²) in [7, 11) is 4.67. The molecular formula is C13H22N2O4. The molecule has 0 radical (unpaired) electrons. The van der Waals surface area contributed by atoms with Crippen LogP contribution in [0.3, 0.4) is 0 Å². The molecule has 0 spiro atoms. The number of carboxylic acid groups (broad SMARTS) is 1. The summed E-state index contributed by atoms with van der Waals surface area (Å²) in [5.74, 6) is -1.51. The van der Waals surface area contributed by atoms with E-state index >= 15 is 0 Å². The van der Waals surface area contributed by atoms with Gasteiger partial charge in [-0.05, 0) is 12.8 Å². The van der Waals surface area contributed by atoms with Gasteiger partial charge < -0.3 is 14.9 Å². The number of hydrogen-bond donors (Lipinski definition) is 1. The molecule has 0 rings (SSSR count). The van der Waals surface area contributed by atoms with Gasteiger partial charge in [0.05, 0.1) is 0 Å². The SMILES string of the molecule is C=CCCC(=O)N(C)[C@@H](CCC(=O)N(C)C)C(=O)O. The van der Waals surface area contributed by atoms with E-state index in [2.05, 4.69) is 6.58 Å². The van der Waals surface area contributed by atoms with Gasteiger partial charge in [0.25, 0.3) is 0 Å². The van der Waals surface area contributed by atoms with Crippen LogP contribution in [0.15, 0.2) is 12.7 Å². The lowest BCUT2D eigenvalue weighted by atomic mass is 10.1. The predicted octanol–water partition coefficient (Wildman–Crippen LogP) is 0.733. The molecular weight excluding hydrogens is 248 g/mol. The Morgan fingerprint density at radius 2 is 1.74 bits per heavy atom. The maximum atomic E-state index is 11.7. The quantitative estimate of drug-likeness (QED) is 0.660. The van der Waals surface area contributed by atoms with Crippen LogP contribution in [0.1, 0.15) is 25.7 Å². The first-order chi connectivity index (χ1) is 8.81. The van der Waals surface area contributed by atoms with Crippen molar-refractivity contribution >= 4 is 17.8 Å². The zero-order valence-electron chi connectivity index (χ0n) is 11.8. The van der Waals surface area contributed by atoms with Crippen LogP contribution in [0.5, 0.6) is 0 Å². The number of carbonyl (C=O) groups excluding carboxylic acids is 2. The van der Waals surface area contributed by atoms with E-state index in [1.165, 1.54) is 16.8 Å². The van der Waals surface area contributed by atoms with Crippen molar-refractivity contribution in [2.24, 2.45) is 0 Å². The molecule has 108 valence electrons. The summed E-state index contributed by atoms with van der Waals surface area (Å²) < 4.78 is 0. The van der Waals surface area contributed by atoms with Gasteiger partial charge in [0, 0.05) is 34.0 Å². The van der Waals surface area contributed by atoms with Gasteiger partial charge >= 0.3 is 5.97 Å². The predicted molar refractivity (Wildman–Crippen MR) is 71.6 cm³/mol. The minimum atomic E-state index is -1.10. The minimum Gasteiger partial charge on any atom is -0.480 e. The van der Waals surface area contributed by atoms with Crippen LogP contribution >= 0.6 is 0 Å². The van der Waals surface area contributed by atoms with E-state index in [0.29, 0.717) is 6.42 Å². The second-order valence-electron chi connectivity index (χ2n) is 4.51. The number of likely N-dealkylation sites (N-methyl/N-ethyl adjacent to an activating group) is 1. The molecule has 0 aliphatic heterocycles. The minimum absolute atomic E-state index is 0.100. The average Bonchev–Trinajstić information content (AvgIpc) is 2.34. The number of amides is 2. The average molecular weight is 270 g/mol. The molecule has 0 bridgehead atoms. The van der Waals surface area contributed by atoms with Gasteiger partial charge in [-0.2, -0.15) is 0 Å². The first-order valence-electron chi connectivity index (χ1n) is 6.10. The fourth-order valence-corrected chi connectivity index (χ4v) is 1.54. The number of rotatable bonds is 8. The van der Waals surface area contributed by atoms with E-state index in [4.69, 9.17) is 5.11 Å². The van der Waals surface area contributed by atoms with E-state index in [-0.39, 0.29) is 31.1 Å². The zero-order valence-corrected chi connectivity index (χ0v) is 11.8. The molecule has 19 heavy (non-hydrogen) atoms. The second kappa shape index (κ2) is 8.29. The molecule has 0 heterocycles. The van der Waals surface area contributed by atoms with Crippen molar-refractivity contribution in [2.45, 2.75) is 31.7 Å². The standard InChI is InChI=1S/C13H22N2O4/c1-5-6-7-12(17)15(4)10(13(18)19)8-9-11(16)14(2)3/h5,10H,1,6-9H2,2-4H3,(H,18,19)/t10-/m0/s1. The Hall–Kier alpha value is -1.85. The lowest BCUT2D eigenvalue weighted by Gasteiger charge is -2.25. The molecule has 2 amide bonds. The summed E-state index contributed by atoms with van der Waals surface area (Å²) in [6.07, 6.45) is 2.56. The third kappa shape index (κ3) is 6.03. The molecule has 1 atom stereocenters. The van der Waals surface area contributed by atoms with Gasteiger partial charge in [-0.25, -0.2) is 4.79 Å². The molecule has 0 saturated heterocycles. The first-order valence-corrected chi connectivity index (χ1v) is 6.10. The Kier molecular flexibility index (Phi) is 7.48. The van der Waals surface area contributed by atoms with Gasteiger partial charge in [0.2, 0.25) is 11.8 Å². The number of carbonyl (C=O) groups is 3. The van der Waals surface area contributed by atoms with Crippen molar-refractivity contribution in [2.75, 3.05) is 21.1 Å². The maximum absolute atomic E-state index is 11.7. The highest BCUT2D eigenvalue weighted by molar-refractivity contribution is 5.84. The molecule has 0 aliphatic carbocycles. The lowest BCUT2D eigenvalue weighted by Crippen LogP contribution is -2.43. The number of carboxylic acids is 1. The fourth-order valence-electron chi connectivity index (χ4n) is 1.54. The van der Waals surface area contributed by atoms with Gasteiger partial charge in [-0.3, -0.25) is 9.59 Å². The van der Waals surface area contributed by atoms with Crippen molar-refractivity contribution in [1.82, 2.24) is 9.80 Å². The molecule has 0 unspecified atom stereocenters. The van der Waals surface area contributed by atoms with Crippen molar-refractivity contribution < 1.29 is 19.5 Å². The van der Waals surface area contributed by atoms with Gasteiger partial charge in [0.15, 0.2) is 0 Å². The topological polar surface area (TPSA) is 77.9 Å². The first kappa shape index (κ1) is 17.2. The van der Waals surface area contributed by atoms with Crippen LogP contribution in [0.25, 0.3) is 0 Å². The van der Waals surface area contributed by atoms with Gasteiger partial charge in [0.1, 0.15) is 6.04 Å². The largest absolute Gasteiger partial charge is 0.480 e. The molecule has 0 fully saturated rings. The van der Waals surface area contributed by atoms with Crippen LogP contribution < -0.4 is 0 Å². The molecule has 6 heteroatoms. The second-order valence-corrected chi connectivity index (χ2v) is 4.51. The summed E-state index contributed by atoms with van der Waals surface area (Å²) in [5, 5.41) is 9.13. The Labute approximate surface area is 113 Å². The zero-order chi connectivity index (χ0) is 15.0. The van der Waals surface area contributed by atoms with Gasteiger partial charge in [-0.1, -0.05) is 6.08 Å². The Morgan fingerprint density at radius 3 is 2.16 bits per heavy atom. The summed E-state index contributed by atoms with van der Waals surface area (Å²) in [5.41, 5.74) is 0. The third-order valence-corrected chi connectivity index (χ3v) is 2.84. The van der Waals surface area contributed by atoms with Crippen molar-refractivity contribution in [3.05, 3.63) is 12.7 Å². The van der Waals surface area contributed by atoms with E-state index in [1.54, 1.807) is 20.2 Å². The van der Waals surface area contributed by atoms with E-state index in [9.17, 15) is 14.4 Å². The van der Waals surface area contributed by atoms with Crippen molar-refractivity contribution in [3.63, 3.8) is 0 Å². The van der Waals surface area contributed by atoms with Crippen LogP contribution in [0.2, 0.25) is 0 Å². The molecule has 1 N–H and O–H groups in total. The number of hydrogen-bond acceptors (Lipinski definition) is 3. The lowest BCUT2D eigenvalue weighted by molar-refractivity contribution is -0.149. The highest BCUT2D eigenvalue weighted by Crippen LogP contribution is 2.09. The Balaban J connectivity index is 4.55. The molecule has 0 aromatic heterocycles. The van der Waals surface area contributed by atoms with Crippen molar-refractivity contribution in [3.8, 4) is 0 Å². The maximum Gasteiger partial charge on any atom is 0.326 e. The smallest absolute Gasteiger partial charge is 0.326 e. The summed E-state index contributed by atoms with van der Waals surface area (Å²) in [6, 6.07) is -0.971. The molecule has 6 nitrogen and oxygen atoms in total. The van der Waals surface area contributed by atoms with Gasteiger partial charge in [-0.15, -0.1) is 6.58 Å². The van der Waals surface area contributed by atoms with Crippen LogP contribution in [-0.4, -0.2) is 59.9 Å². The summed E-state index contributed by atoms with van der Waals surface area (Å²) in [6.45, 7) is 3.51. The number of aliphatic carboxylic acids is 1. The molecule has 0 aromatic carbocycles. The molecule has 0 saturated carbocycles. The Morgan fingerprint density at radius 1 is 1.16 bits per heavy atom. The number of nitrogens with zero attached hydrogens (tertiary/aromatic N) is 2. The van der Waals surface area contributed by atoms with E-state index in [1.807, 2.05) is 0 Å².